The molecule has 1 aliphatic heterocycles. The number of hydrogen-bond donors (Lipinski definition) is 0. The summed E-state index contributed by atoms with van der Waals surface area (Å²) in [7, 11) is 4.27. The fourth-order valence-electron chi connectivity index (χ4n) is 5.98. The molecule has 0 radical (unpaired) electrons. The van der Waals surface area contributed by atoms with Gasteiger partial charge in [0.2, 0.25) is 0 Å². The molecular formula is C47H79NO2. The standard InChI is InChI=1S/C47H79NO2/c1-5-7-9-11-13-15-17-19-21-23-25-27-29-31-33-35-37-39-42-47(49-45-46(50-47)41-44-48(3)4)43-40-38-36-34-32-30-28-26-24-22-20-18-16-14-12-10-8-6-2/h13-16,19-22,25-28,31-34,46H,5-12,17-18,23-24,29-30,35-45H2,1-4H3/b15-13-,16-14-,21-19-,22-20-,27-25-,28-26-,33-31-,34-32-. The summed E-state index contributed by atoms with van der Waals surface area (Å²) in [6.45, 7) is 6.30. The Labute approximate surface area is 311 Å². The van der Waals surface area contributed by atoms with E-state index in [4.69, 9.17) is 9.47 Å². The van der Waals surface area contributed by atoms with E-state index in [1.54, 1.807) is 0 Å². The molecule has 0 aromatic rings. The van der Waals surface area contributed by atoms with Crippen LogP contribution >= 0.6 is 0 Å². The van der Waals surface area contributed by atoms with E-state index in [0.29, 0.717) is 0 Å². The van der Waals surface area contributed by atoms with Crippen molar-refractivity contribution in [2.45, 2.75) is 173 Å². The summed E-state index contributed by atoms with van der Waals surface area (Å²) in [5.74, 6) is -0.382. The topological polar surface area (TPSA) is 21.7 Å². The predicted molar refractivity (Wildman–Crippen MR) is 223 cm³/mol. The largest absolute Gasteiger partial charge is 0.347 e. The molecule has 3 nitrogen and oxygen atoms in total. The van der Waals surface area contributed by atoms with Gasteiger partial charge in [-0.15, -0.1) is 0 Å². The van der Waals surface area contributed by atoms with Crippen molar-refractivity contribution < 1.29 is 9.47 Å². The maximum atomic E-state index is 6.64. The summed E-state index contributed by atoms with van der Waals surface area (Å²) in [5.41, 5.74) is 0. The van der Waals surface area contributed by atoms with Crippen molar-refractivity contribution in [3.8, 4) is 0 Å². The first-order valence-corrected chi connectivity index (χ1v) is 20.8. The third-order valence-corrected chi connectivity index (χ3v) is 9.08. The van der Waals surface area contributed by atoms with Gasteiger partial charge in [0.25, 0.3) is 0 Å². The number of unbranched alkanes of at least 4 members (excludes halogenated alkanes) is 10. The molecule has 0 aliphatic carbocycles. The van der Waals surface area contributed by atoms with Crippen LogP contribution in [0.2, 0.25) is 0 Å². The van der Waals surface area contributed by atoms with E-state index in [0.717, 1.165) is 96.6 Å². The molecule has 0 aromatic heterocycles. The zero-order valence-electron chi connectivity index (χ0n) is 33.3. The molecule has 1 atom stereocenters. The van der Waals surface area contributed by atoms with Gasteiger partial charge < -0.3 is 14.4 Å². The minimum atomic E-state index is -0.382. The second-order valence-electron chi connectivity index (χ2n) is 14.2. The van der Waals surface area contributed by atoms with Gasteiger partial charge in [-0.25, -0.2) is 0 Å². The average Bonchev–Trinajstić information content (AvgIpc) is 3.52. The molecular weight excluding hydrogens is 611 g/mol. The van der Waals surface area contributed by atoms with Crippen molar-refractivity contribution in [3.05, 3.63) is 97.2 Å². The van der Waals surface area contributed by atoms with E-state index >= 15 is 0 Å². The Morgan fingerprint density at radius 2 is 0.820 bits per heavy atom. The monoisotopic (exact) mass is 690 g/mol. The van der Waals surface area contributed by atoms with E-state index < -0.39 is 0 Å². The molecule has 0 amide bonds. The van der Waals surface area contributed by atoms with Crippen molar-refractivity contribution in [2.75, 3.05) is 27.2 Å². The van der Waals surface area contributed by atoms with Gasteiger partial charge >= 0.3 is 0 Å². The number of rotatable bonds is 33. The smallest absolute Gasteiger partial charge is 0.168 e. The minimum absolute atomic E-state index is 0.222. The lowest BCUT2D eigenvalue weighted by Crippen LogP contribution is -2.31. The van der Waals surface area contributed by atoms with Gasteiger partial charge in [-0.05, 0) is 123 Å². The average molecular weight is 690 g/mol. The molecule has 1 heterocycles. The van der Waals surface area contributed by atoms with Gasteiger partial charge in [-0.2, -0.15) is 0 Å². The normalized spacial score (nSPS) is 17.2. The van der Waals surface area contributed by atoms with Gasteiger partial charge in [0.1, 0.15) is 0 Å². The highest BCUT2D eigenvalue weighted by atomic mass is 16.7. The second-order valence-corrected chi connectivity index (χ2v) is 14.2. The van der Waals surface area contributed by atoms with Crippen LogP contribution in [0, 0.1) is 0 Å². The lowest BCUT2D eigenvalue weighted by Gasteiger charge is -2.28. The Hall–Kier alpha value is -2.20. The summed E-state index contributed by atoms with van der Waals surface area (Å²) < 4.78 is 13.1. The molecule has 1 saturated heterocycles. The van der Waals surface area contributed by atoms with Crippen molar-refractivity contribution in [2.24, 2.45) is 0 Å². The van der Waals surface area contributed by atoms with Crippen LogP contribution in [0.5, 0.6) is 0 Å². The van der Waals surface area contributed by atoms with Crippen molar-refractivity contribution in [1.29, 1.82) is 0 Å². The lowest BCUT2D eigenvalue weighted by atomic mass is 10.00. The Kier molecular flexibility index (Phi) is 32.3. The second kappa shape index (κ2) is 35.2. The summed E-state index contributed by atoms with van der Waals surface area (Å²) >= 11 is 0. The van der Waals surface area contributed by atoms with E-state index in [9.17, 15) is 0 Å². The maximum Gasteiger partial charge on any atom is 0.168 e. The number of nitrogens with zero attached hydrogens (tertiary/aromatic N) is 1. The maximum absolute atomic E-state index is 6.64. The van der Waals surface area contributed by atoms with E-state index in [1.807, 2.05) is 0 Å². The van der Waals surface area contributed by atoms with Gasteiger partial charge in [0, 0.05) is 19.4 Å². The highest BCUT2D eigenvalue weighted by Gasteiger charge is 2.40. The molecule has 3 heteroatoms. The Morgan fingerprint density at radius 3 is 1.16 bits per heavy atom. The lowest BCUT2D eigenvalue weighted by molar-refractivity contribution is -0.180. The summed E-state index contributed by atoms with van der Waals surface area (Å²) in [6.07, 6.45) is 63.6. The Balaban J connectivity index is 2.25. The highest BCUT2D eigenvalue weighted by Crippen LogP contribution is 2.35. The molecule has 1 rings (SSSR count). The molecule has 0 aromatic carbocycles. The van der Waals surface area contributed by atoms with E-state index in [-0.39, 0.29) is 11.9 Å². The zero-order valence-corrected chi connectivity index (χ0v) is 33.3. The molecule has 1 fully saturated rings. The SMILES string of the molecule is CCCCC/C=C\C/C=C\C/C=C\C/C=C\CCCCC1(CCCC/C=C\C/C=C\C/C=C\C/C=C\CCCCC)OCC(CCN(C)C)O1. The number of allylic oxidation sites excluding steroid dienone is 16. The van der Waals surface area contributed by atoms with Gasteiger partial charge in [0.15, 0.2) is 5.79 Å². The molecule has 1 unspecified atom stereocenters. The first-order chi connectivity index (χ1) is 24.6. The van der Waals surface area contributed by atoms with Gasteiger partial charge in [0.05, 0.1) is 12.7 Å². The summed E-state index contributed by atoms with van der Waals surface area (Å²) in [4.78, 5) is 2.24. The first-order valence-electron chi connectivity index (χ1n) is 20.8. The first kappa shape index (κ1) is 45.8. The van der Waals surface area contributed by atoms with Crippen molar-refractivity contribution in [1.82, 2.24) is 4.90 Å². The van der Waals surface area contributed by atoms with Gasteiger partial charge in [-0.3, -0.25) is 0 Å². The molecule has 1 aliphatic rings. The molecule has 0 bridgehead atoms. The van der Waals surface area contributed by atoms with Gasteiger partial charge in [-0.1, -0.05) is 137 Å². The Bertz CT molecular complexity index is 915. The molecule has 284 valence electrons. The minimum Gasteiger partial charge on any atom is -0.347 e. The molecule has 0 N–H and O–H groups in total. The number of hydrogen-bond acceptors (Lipinski definition) is 3. The van der Waals surface area contributed by atoms with Crippen LogP contribution in [0.15, 0.2) is 97.2 Å². The summed E-state index contributed by atoms with van der Waals surface area (Å²) in [5, 5.41) is 0. The number of ether oxygens (including phenoxy) is 2. The molecule has 0 spiro atoms. The Morgan fingerprint density at radius 1 is 0.480 bits per heavy atom. The van der Waals surface area contributed by atoms with Crippen LogP contribution in [0.3, 0.4) is 0 Å². The summed E-state index contributed by atoms with van der Waals surface area (Å²) in [6, 6.07) is 0. The van der Waals surface area contributed by atoms with Crippen molar-refractivity contribution >= 4 is 0 Å². The van der Waals surface area contributed by atoms with Crippen LogP contribution in [0.1, 0.15) is 162 Å². The van der Waals surface area contributed by atoms with Crippen LogP contribution in [0.25, 0.3) is 0 Å². The van der Waals surface area contributed by atoms with Crippen LogP contribution in [-0.2, 0) is 9.47 Å². The zero-order chi connectivity index (χ0) is 36.1. The van der Waals surface area contributed by atoms with Crippen LogP contribution in [-0.4, -0.2) is 44.0 Å². The third kappa shape index (κ3) is 29.5. The fourth-order valence-corrected chi connectivity index (χ4v) is 5.98. The van der Waals surface area contributed by atoms with E-state index in [1.165, 1.54) is 64.2 Å². The fraction of sp³-hybridized carbons (Fsp3) is 0.660. The quantitative estimate of drug-likeness (QED) is 0.0506. The molecule has 0 saturated carbocycles. The van der Waals surface area contributed by atoms with E-state index in [2.05, 4.69) is 130 Å². The predicted octanol–water partition coefficient (Wildman–Crippen LogP) is 14.1. The molecule has 50 heavy (non-hydrogen) atoms. The highest BCUT2D eigenvalue weighted by molar-refractivity contribution is 5.00. The van der Waals surface area contributed by atoms with Crippen LogP contribution < -0.4 is 0 Å². The van der Waals surface area contributed by atoms with Crippen LogP contribution in [0.4, 0.5) is 0 Å². The van der Waals surface area contributed by atoms with Crippen molar-refractivity contribution in [3.63, 3.8) is 0 Å². The third-order valence-electron chi connectivity index (χ3n) is 9.08.